The number of anilines is 2. The highest BCUT2D eigenvalue weighted by Crippen LogP contribution is 2.29. The fraction of sp³-hybridized carbons (Fsp3) is 0.167. The summed E-state index contributed by atoms with van der Waals surface area (Å²) in [5.74, 6) is 1.64. The molecule has 2 N–H and O–H groups in total. The van der Waals surface area contributed by atoms with Crippen molar-refractivity contribution in [3.05, 3.63) is 72.3 Å². The van der Waals surface area contributed by atoms with E-state index in [9.17, 15) is 9.59 Å². The predicted molar refractivity (Wildman–Crippen MR) is 126 cm³/mol. The first kappa shape index (κ1) is 23.0. The topological polar surface area (TPSA) is 85.9 Å². The smallest absolute Gasteiger partial charge is 0.255 e. The van der Waals surface area contributed by atoms with Gasteiger partial charge in [0.2, 0.25) is 5.91 Å². The minimum absolute atomic E-state index is 0.158. The molecule has 3 aromatic carbocycles. The van der Waals surface area contributed by atoms with Crippen molar-refractivity contribution in [1.29, 1.82) is 0 Å². The molecule has 0 fully saturated rings. The number of hydrogen-bond acceptors (Lipinski definition) is 6. The normalized spacial score (nSPS) is 10.2. The van der Waals surface area contributed by atoms with E-state index in [2.05, 4.69) is 10.6 Å². The van der Waals surface area contributed by atoms with Crippen molar-refractivity contribution in [2.75, 3.05) is 37.7 Å². The number of carbonyl (C=O) groups is 2. The van der Waals surface area contributed by atoms with E-state index < -0.39 is 0 Å². The summed E-state index contributed by atoms with van der Waals surface area (Å²) < 4.78 is 15.6. The van der Waals surface area contributed by atoms with Crippen molar-refractivity contribution >= 4 is 35.0 Å². The van der Waals surface area contributed by atoms with Gasteiger partial charge in [-0.05, 0) is 54.6 Å². The number of thioether (sulfide) groups is 1. The Balaban J connectivity index is 1.53. The molecule has 0 spiro atoms. The van der Waals surface area contributed by atoms with Crippen molar-refractivity contribution < 1.29 is 23.8 Å². The number of amides is 2. The van der Waals surface area contributed by atoms with Crippen LogP contribution >= 0.6 is 11.8 Å². The third kappa shape index (κ3) is 6.18. The second kappa shape index (κ2) is 11.1. The minimum atomic E-state index is -0.225. The Morgan fingerprint density at radius 2 is 1.53 bits per heavy atom. The molecule has 0 aromatic heterocycles. The molecule has 0 saturated carbocycles. The van der Waals surface area contributed by atoms with Crippen LogP contribution < -0.4 is 24.8 Å². The van der Waals surface area contributed by atoms with Crippen molar-refractivity contribution in [2.45, 2.75) is 4.90 Å². The highest BCUT2D eigenvalue weighted by molar-refractivity contribution is 8.00. The molecule has 0 unspecified atom stereocenters. The molecule has 3 aromatic rings. The molecule has 8 heteroatoms. The number of hydrogen-bond donors (Lipinski definition) is 2. The average Bonchev–Trinajstić information content (AvgIpc) is 2.83. The molecule has 0 radical (unpaired) electrons. The maximum atomic E-state index is 12.4. The van der Waals surface area contributed by atoms with Gasteiger partial charge in [-0.25, -0.2) is 0 Å². The summed E-state index contributed by atoms with van der Waals surface area (Å²) in [7, 11) is 4.66. The molecule has 2 amide bonds. The van der Waals surface area contributed by atoms with Gasteiger partial charge >= 0.3 is 0 Å². The Kier molecular flexibility index (Phi) is 7.99. The van der Waals surface area contributed by atoms with Gasteiger partial charge in [-0.15, -0.1) is 11.8 Å². The number of methoxy groups -OCH3 is 3. The lowest BCUT2D eigenvalue weighted by molar-refractivity contribution is -0.113. The van der Waals surface area contributed by atoms with E-state index >= 15 is 0 Å². The molecule has 32 heavy (non-hydrogen) atoms. The molecule has 7 nitrogen and oxygen atoms in total. The highest BCUT2D eigenvalue weighted by atomic mass is 32.2. The summed E-state index contributed by atoms with van der Waals surface area (Å²) in [6.45, 7) is 0. The highest BCUT2D eigenvalue weighted by Gasteiger charge is 2.10. The number of benzene rings is 3. The Morgan fingerprint density at radius 1 is 0.812 bits per heavy atom. The molecule has 0 heterocycles. The van der Waals surface area contributed by atoms with E-state index in [4.69, 9.17) is 14.2 Å². The molecule has 0 aliphatic rings. The van der Waals surface area contributed by atoms with Gasteiger partial charge in [0.15, 0.2) is 0 Å². The van der Waals surface area contributed by atoms with E-state index in [1.807, 2.05) is 12.1 Å². The standard InChI is InChI=1S/C24H24N2O5S/c1-29-18-6-4-5-16(13-18)24(28)25-17-7-10-20(11-8-17)32-15-23(27)26-21-12-9-19(30-2)14-22(21)31-3/h4-14H,15H2,1-3H3,(H,25,28)(H,26,27). The van der Waals surface area contributed by atoms with Gasteiger partial charge in [-0.3, -0.25) is 9.59 Å². The average molecular weight is 453 g/mol. The second-order valence-electron chi connectivity index (χ2n) is 6.61. The van der Waals surface area contributed by atoms with Crippen LogP contribution in [0.2, 0.25) is 0 Å². The molecule has 0 aliphatic heterocycles. The van der Waals surface area contributed by atoms with Gasteiger partial charge in [0, 0.05) is 22.2 Å². The number of nitrogens with one attached hydrogen (secondary N) is 2. The lowest BCUT2D eigenvalue weighted by Crippen LogP contribution is -2.14. The van der Waals surface area contributed by atoms with E-state index in [0.717, 1.165) is 4.90 Å². The van der Waals surface area contributed by atoms with E-state index in [1.165, 1.54) is 18.9 Å². The summed E-state index contributed by atoms with van der Waals surface area (Å²) in [6, 6.07) is 19.4. The van der Waals surface area contributed by atoms with Crippen molar-refractivity contribution in [3.8, 4) is 17.2 Å². The number of rotatable bonds is 9. The maximum absolute atomic E-state index is 12.4. The Hall–Kier alpha value is -3.65. The summed E-state index contributed by atoms with van der Waals surface area (Å²) in [5.41, 5.74) is 1.75. The molecule has 166 valence electrons. The van der Waals surface area contributed by atoms with Gasteiger partial charge in [0.05, 0.1) is 32.8 Å². The van der Waals surface area contributed by atoms with Crippen LogP contribution in [0, 0.1) is 0 Å². The SMILES string of the molecule is COc1cccc(C(=O)Nc2ccc(SCC(=O)Nc3ccc(OC)cc3OC)cc2)c1. The maximum Gasteiger partial charge on any atom is 0.255 e. The fourth-order valence-corrected chi connectivity index (χ4v) is 3.54. The Morgan fingerprint density at radius 3 is 2.22 bits per heavy atom. The predicted octanol–water partition coefficient (Wildman–Crippen LogP) is 4.70. The second-order valence-corrected chi connectivity index (χ2v) is 7.66. The lowest BCUT2D eigenvalue weighted by Gasteiger charge is -2.11. The summed E-state index contributed by atoms with van der Waals surface area (Å²) >= 11 is 1.39. The first-order chi connectivity index (χ1) is 15.5. The lowest BCUT2D eigenvalue weighted by atomic mass is 10.2. The van der Waals surface area contributed by atoms with E-state index in [0.29, 0.717) is 34.2 Å². The van der Waals surface area contributed by atoms with Gasteiger partial charge in [0.1, 0.15) is 17.2 Å². The zero-order valence-electron chi connectivity index (χ0n) is 18.0. The van der Waals surface area contributed by atoms with Gasteiger partial charge in [-0.2, -0.15) is 0 Å². The third-order valence-electron chi connectivity index (χ3n) is 4.50. The van der Waals surface area contributed by atoms with Crippen LogP contribution in [0.25, 0.3) is 0 Å². The zero-order valence-corrected chi connectivity index (χ0v) is 18.8. The minimum Gasteiger partial charge on any atom is -0.497 e. The molecular weight excluding hydrogens is 428 g/mol. The quantitative estimate of drug-likeness (QED) is 0.458. The summed E-state index contributed by atoms with van der Waals surface area (Å²) in [5, 5.41) is 5.69. The molecule has 0 bridgehead atoms. The first-order valence-electron chi connectivity index (χ1n) is 9.72. The van der Waals surface area contributed by atoms with Crippen LogP contribution in [0.15, 0.2) is 71.6 Å². The molecule has 3 rings (SSSR count). The van der Waals surface area contributed by atoms with Crippen LogP contribution in [0.3, 0.4) is 0 Å². The van der Waals surface area contributed by atoms with Crippen LogP contribution in [0.1, 0.15) is 10.4 Å². The largest absolute Gasteiger partial charge is 0.497 e. The molecule has 0 atom stereocenters. The van der Waals surface area contributed by atoms with E-state index in [-0.39, 0.29) is 17.6 Å². The molecular formula is C24H24N2O5S. The van der Waals surface area contributed by atoms with Crippen LogP contribution in [-0.4, -0.2) is 38.9 Å². The van der Waals surface area contributed by atoms with Crippen LogP contribution in [0.5, 0.6) is 17.2 Å². The van der Waals surface area contributed by atoms with Gasteiger partial charge in [-0.1, -0.05) is 6.07 Å². The Labute approximate surface area is 191 Å². The van der Waals surface area contributed by atoms with Crippen molar-refractivity contribution in [2.24, 2.45) is 0 Å². The van der Waals surface area contributed by atoms with Crippen molar-refractivity contribution in [1.82, 2.24) is 0 Å². The third-order valence-corrected chi connectivity index (χ3v) is 5.51. The Bertz CT molecular complexity index is 1090. The molecule has 0 saturated heterocycles. The summed E-state index contributed by atoms with van der Waals surface area (Å²) in [4.78, 5) is 25.7. The van der Waals surface area contributed by atoms with Gasteiger partial charge in [0.25, 0.3) is 5.91 Å². The first-order valence-corrected chi connectivity index (χ1v) is 10.7. The van der Waals surface area contributed by atoms with Crippen molar-refractivity contribution in [3.63, 3.8) is 0 Å². The summed E-state index contributed by atoms with van der Waals surface area (Å²) in [6.07, 6.45) is 0. The zero-order chi connectivity index (χ0) is 22.9. The monoisotopic (exact) mass is 452 g/mol. The molecule has 0 aliphatic carbocycles. The van der Waals surface area contributed by atoms with Gasteiger partial charge < -0.3 is 24.8 Å². The van der Waals surface area contributed by atoms with Crippen LogP contribution in [-0.2, 0) is 4.79 Å². The van der Waals surface area contributed by atoms with E-state index in [1.54, 1.807) is 68.8 Å². The fourth-order valence-electron chi connectivity index (χ4n) is 2.84. The number of ether oxygens (including phenoxy) is 3. The van der Waals surface area contributed by atoms with Crippen LogP contribution in [0.4, 0.5) is 11.4 Å². The number of carbonyl (C=O) groups excluding carboxylic acids is 2.